The SMILES string of the molecule is O=C(c1ccc2ccccc2c1)c1scnc1C(F)F. The fraction of sp³-hybridized carbons (Fsp3) is 0.0667. The number of fused-ring (bicyclic) bond motifs is 1. The van der Waals surface area contributed by atoms with Gasteiger partial charge < -0.3 is 0 Å². The van der Waals surface area contributed by atoms with Crippen molar-refractivity contribution in [1.29, 1.82) is 0 Å². The zero-order valence-electron chi connectivity index (χ0n) is 10.2. The van der Waals surface area contributed by atoms with E-state index in [-0.39, 0.29) is 4.88 Å². The van der Waals surface area contributed by atoms with Crippen molar-refractivity contribution in [3.63, 3.8) is 0 Å². The first-order valence-electron chi connectivity index (χ1n) is 5.92. The first kappa shape index (κ1) is 12.9. The molecule has 0 bridgehead atoms. The Hall–Kier alpha value is -2.14. The van der Waals surface area contributed by atoms with E-state index in [1.165, 1.54) is 5.51 Å². The monoisotopic (exact) mass is 289 g/mol. The third-order valence-corrected chi connectivity index (χ3v) is 3.86. The molecule has 1 heterocycles. The first-order chi connectivity index (χ1) is 9.66. The Morgan fingerprint density at radius 3 is 2.60 bits per heavy atom. The van der Waals surface area contributed by atoms with E-state index in [4.69, 9.17) is 0 Å². The fourth-order valence-corrected chi connectivity index (χ4v) is 2.80. The van der Waals surface area contributed by atoms with Crippen LogP contribution in [0.15, 0.2) is 48.0 Å². The molecule has 0 atom stereocenters. The van der Waals surface area contributed by atoms with Gasteiger partial charge in [0.15, 0.2) is 0 Å². The number of carbonyl (C=O) groups is 1. The summed E-state index contributed by atoms with van der Waals surface area (Å²) in [5.74, 6) is -0.409. The third kappa shape index (κ3) is 2.20. The van der Waals surface area contributed by atoms with Gasteiger partial charge in [-0.15, -0.1) is 11.3 Å². The maximum Gasteiger partial charge on any atom is 0.281 e. The Labute approximate surface area is 117 Å². The van der Waals surface area contributed by atoms with Crippen LogP contribution in [0.3, 0.4) is 0 Å². The minimum Gasteiger partial charge on any atom is -0.288 e. The molecule has 0 spiro atoms. The number of hydrogen-bond donors (Lipinski definition) is 0. The van der Waals surface area contributed by atoms with Crippen LogP contribution in [0.1, 0.15) is 27.4 Å². The number of aromatic nitrogens is 1. The van der Waals surface area contributed by atoms with Crippen molar-refractivity contribution < 1.29 is 13.6 Å². The second kappa shape index (κ2) is 5.09. The second-order valence-corrected chi connectivity index (χ2v) is 5.11. The number of ketones is 1. The lowest BCUT2D eigenvalue weighted by atomic mass is 10.0. The molecule has 0 aliphatic heterocycles. The van der Waals surface area contributed by atoms with Gasteiger partial charge in [-0.2, -0.15) is 0 Å². The van der Waals surface area contributed by atoms with Gasteiger partial charge in [-0.1, -0.05) is 36.4 Å². The molecule has 0 saturated heterocycles. The summed E-state index contributed by atoms with van der Waals surface area (Å²) >= 11 is 0.946. The lowest BCUT2D eigenvalue weighted by molar-refractivity contribution is 0.102. The number of nitrogens with zero attached hydrogens (tertiary/aromatic N) is 1. The minimum atomic E-state index is -2.74. The number of hydrogen-bond acceptors (Lipinski definition) is 3. The van der Waals surface area contributed by atoms with E-state index < -0.39 is 17.9 Å². The average molecular weight is 289 g/mol. The van der Waals surface area contributed by atoms with Crippen molar-refractivity contribution in [3.8, 4) is 0 Å². The summed E-state index contributed by atoms with van der Waals surface area (Å²) in [4.78, 5) is 15.9. The van der Waals surface area contributed by atoms with Crippen LogP contribution in [0.25, 0.3) is 10.8 Å². The van der Waals surface area contributed by atoms with Crippen LogP contribution in [0, 0.1) is 0 Å². The summed E-state index contributed by atoms with van der Waals surface area (Å²) in [5, 5.41) is 1.91. The first-order valence-corrected chi connectivity index (χ1v) is 6.80. The number of benzene rings is 2. The molecular weight excluding hydrogens is 280 g/mol. The second-order valence-electron chi connectivity index (χ2n) is 4.26. The molecule has 0 radical (unpaired) electrons. The third-order valence-electron chi connectivity index (χ3n) is 3.02. The van der Waals surface area contributed by atoms with Crippen LogP contribution < -0.4 is 0 Å². The van der Waals surface area contributed by atoms with E-state index in [1.807, 2.05) is 30.3 Å². The molecule has 0 saturated carbocycles. The zero-order chi connectivity index (χ0) is 14.1. The molecule has 2 aromatic carbocycles. The molecule has 0 amide bonds. The highest BCUT2D eigenvalue weighted by Crippen LogP contribution is 2.27. The highest BCUT2D eigenvalue weighted by atomic mass is 32.1. The van der Waals surface area contributed by atoms with E-state index in [2.05, 4.69) is 4.98 Å². The zero-order valence-corrected chi connectivity index (χ0v) is 11.0. The van der Waals surface area contributed by atoms with Crippen molar-refractivity contribution in [1.82, 2.24) is 4.98 Å². The topological polar surface area (TPSA) is 30.0 Å². The largest absolute Gasteiger partial charge is 0.288 e. The average Bonchev–Trinajstić information content (AvgIpc) is 2.95. The summed E-state index contributed by atoms with van der Waals surface area (Å²) in [6.07, 6.45) is -2.74. The predicted octanol–water partition coefficient (Wildman–Crippen LogP) is 4.46. The molecule has 2 nitrogen and oxygen atoms in total. The Morgan fingerprint density at radius 1 is 1.10 bits per heavy atom. The lowest BCUT2D eigenvalue weighted by Gasteiger charge is -2.03. The van der Waals surface area contributed by atoms with E-state index >= 15 is 0 Å². The van der Waals surface area contributed by atoms with Crippen LogP contribution in [-0.2, 0) is 0 Å². The molecule has 5 heteroatoms. The molecule has 3 rings (SSSR count). The van der Waals surface area contributed by atoms with E-state index in [0.29, 0.717) is 5.56 Å². The van der Waals surface area contributed by atoms with Gasteiger partial charge in [0, 0.05) is 5.56 Å². The van der Waals surface area contributed by atoms with Crippen molar-refractivity contribution >= 4 is 27.9 Å². The predicted molar refractivity (Wildman–Crippen MR) is 74.5 cm³/mol. The summed E-state index contributed by atoms with van der Waals surface area (Å²) in [6, 6.07) is 12.8. The maximum absolute atomic E-state index is 12.8. The Kier molecular flexibility index (Phi) is 3.28. The van der Waals surface area contributed by atoms with Crippen LogP contribution in [0.2, 0.25) is 0 Å². The van der Waals surface area contributed by atoms with E-state index in [9.17, 15) is 13.6 Å². The van der Waals surface area contributed by atoms with Crippen LogP contribution in [0.4, 0.5) is 8.78 Å². The molecule has 0 N–H and O–H groups in total. The normalized spacial score (nSPS) is 11.2. The summed E-state index contributed by atoms with van der Waals surface area (Å²) in [5.41, 5.74) is 1.23. The van der Waals surface area contributed by atoms with Gasteiger partial charge in [0.25, 0.3) is 6.43 Å². The Bertz CT molecular complexity index is 782. The van der Waals surface area contributed by atoms with Gasteiger partial charge in [0.1, 0.15) is 10.6 Å². The molecule has 0 fully saturated rings. The minimum absolute atomic E-state index is 0.00952. The number of alkyl halides is 2. The summed E-state index contributed by atoms with van der Waals surface area (Å²) in [6.45, 7) is 0. The molecule has 0 aliphatic rings. The Morgan fingerprint density at radius 2 is 1.85 bits per heavy atom. The van der Waals surface area contributed by atoms with E-state index in [1.54, 1.807) is 12.1 Å². The lowest BCUT2D eigenvalue weighted by Crippen LogP contribution is -2.03. The highest BCUT2D eigenvalue weighted by Gasteiger charge is 2.22. The van der Waals surface area contributed by atoms with Crippen LogP contribution in [0.5, 0.6) is 0 Å². The summed E-state index contributed by atoms with van der Waals surface area (Å²) in [7, 11) is 0. The Balaban J connectivity index is 2.06. The molecule has 100 valence electrons. The van der Waals surface area contributed by atoms with Gasteiger partial charge in [0.05, 0.1) is 5.51 Å². The standard InChI is InChI=1S/C15H9F2NOS/c16-15(17)12-14(20-8-18-12)13(19)11-6-5-9-3-1-2-4-10(9)7-11/h1-8,15H. The molecule has 0 unspecified atom stereocenters. The van der Waals surface area contributed by atoms with Crippen molar-refractivity contribution in [2.24, 2.45) is 0 Å². The molecule has 1 aromatic heterocycles. The van der Waals surface area contributed by atoms with Crippen molar-refractivity contribution in [2.75, 3.05) is 0 Å². The quantitative estimate of drug-likeness (QED) is 0.666. The molecule has 20 heavy (non-hydrogen) atoms. The summed E-state index contributed by atoms with van der Waals surface area (Å²) < 4.78 is 25.6. The van der Waals surface area contributed by atoms with Crippen molar-refractivity contribution in [3.05, 3.63) is 64.1 Å². The number of carbonyl (C=O) groups excluding carboxylic acids is 1. The van der Waals surface area contributed by atoms with Crippen molar-refractivity contribution in [2.45, 2.75) is 6.43 Å². The number of halogens is 2. The van der Waals surface area contributed by atoms with E-state index in [0.717, 1.165) is 22.1 Å². The number of rotatable bonds is 3. The molecule has 3 aromatic rings. The van der Waals surface area contributed by atoms with Crippen LogP contribution >= 0.6 is 11.3 Å². The molecular formula is C15H9F2NOS. The van der Waals surface area contributed by atoms with Crippen LogP contribution in [-0.4, -0.2) is 10.8 Å². The van der Waals surface area contributed by atoms with Gasteiger partial charge in [-0.25, -0.2) is 13.8 Å². The van der Waals surface area contributed by atoms with Gasteiger partial charge >= 0.3 is 0 Å². The van der Waals surface area contributed by atoms with Gasteiger partial charge in [-0.3, -0.25) is 4.79 Å². The fourth-order valence-electron chi connectivity index (χ4n) is 2.04. The highest BCUT2D eigenvalue weighted by molar-refractivity contribution is 7.12. The number of thiazole rings is 1. The van der Waals surface area contributed by atoms with Gasteiger partial charge in [0.2, 0.25) is 5.78 Å². The maximum atomic E-state index is 12.8. The smallest absolute Gasteiger partial charge is 0.281 e. The molecule has 0 aliphatic carbocycles. The van der Waals surface area contributed by atoms with Gasteiger partial charge in [-0.05, 0) is 16.8 Å².